The number of fused-ring (bicyclic) bond motifs is 1. The van der Waals surface area contributed by atoms with Crippen LogP contribution in [0.2, 0.25) is 0 Å². The Balaban J connectivity index is 1.56. The first-order valence-electron chi connectivity index (χ1n) is 7.74. The molecule has 2 N–H and O–H groups in total. The van der Waals surface area contributed by atoms with E-state index < -0.39 is 0 Å². The third-order valence-corrected chi connectivity index (χ3v) is 3.99. The molecule has 3 rings (SSSR count). The number of rotatable bonds is 4. The number of nitrogens with zero attached hydrogens (tertiary/aromatic N) is 1. The maximum atomic E-state index is 12.1. The molecule has 1 unspecified atom stereocenters. The van der Waals surface area contributed by atoms with E-state index >= 15 is 0 Å². The van der Waals surface area contributed by atoms with Crippen LogP contribution in [0.4, 0.5) is 11.5 Å². The third kappa shape index (κ3) is 3.74. The minimum Gasteiger partial charge on any atom is -0.326 e. The average Bonchev–Trinajstić information content (AvgIpc) is 2.53. The molecule has 23 heavy (non-hydrogen) atoms. The summed E-state index contributed by atoms with van der Waals surface area (Å²) in [6, 6.07) is 13.3. The minimum atomic E-state index is -0.166. The summed E-state index contributed by atoms with van der Waals surface area (Å²) in [6.07, 6.45) is 1.51. The molecule has 5 nitrogen and oxygen atoms in total. The average molecular weight is 309 g/mol. The van der Waals surface area contributed by atoms with Crippen LogP contribution in [-0.4, -0.2) is 16.8 Å². The number of nitrogens with one attached hydrogen (secondary N) is 2. The van der Waals surface area contributed by atoms with Crippen molar-refractivity contribution in [2.24, 2.45) is 5.92 Å². The van der Waals surface area contributed by atoms with Gasteiger partial charge < -0.3 is 10.6 Å². The molecule has 0 radical (unpaired) electrons. The first-order chi connectivity index (χ1) is 11.1. The predicted octanol–water partition coefficient (Wildman–Crippen LogP) is 2.92. The zero-order valence-electron chi connectivity index (χ0n) is 13.0. The number of carbonyl (C=O) groups excluding carboxylic acids is 2. The zero-order chi connectivity index (χ0) is 16.2. The molecule has 1 atom stereocenters. The predicted molar refractivity (Wildman–Crippen MR) is 89.1 cm³/mol. The third-order valence-electron chi connectivity index (χ3n) is 3.99. The molecule has 2 amide bonds. The lowest BCUT2D eigenvalue weighted by Crippen LogP contribution is -2.30. The summed E-state index contributed by atoms with van der Waals surface area (Å²) >= 11 is 0. The van der Waals surface area contributed by atoms with Gasteiger partial charge in [0.05, 0.1) is 0 Å². The van der Waals surface area contributed by atoms with E-state index in [2.05, 4.69) is 15.6 Å². The van der Waals surface area contributed by atoms with E-state index in [1.807, 2.05) is 43.3 Å². The van der Waals surface area contributed by atoms with Gasteiger partial charge in [0.2, 0.25) is 11.8 Å². The van der Waals surface area contributed by atoms with Gasteiger partial charge in [-0.15, -0.1) is 0 Å². The largest absolute Gasteiger partial charge is 0.326 e. The van der Waals surface area contributed by atoms with Crippen LogP contribution in [0.25, 0.3) is 0 Å². The molecular weight excluding hydrogens is 290 g/mol. The Morgan fingerprint density at radius 3 is 2.91 bits per heavy atom. The number of amides is 2. The number of hydrogen-bond donors (Lipinski definition) is 2. The van der Waals surface area contributed by atoms with Gasteiger partial charge in [0.25, 0.3) is 0 Å². The van der Waals surface area contributed by atoms with Gasteiger partial charge in [-0.2, -0.15) is 0 Å². The van der Waals surface area contributed by atoms with Crippen molar-refractivity contribution in [1.82, 2.24) is 4.98 Å². The maximum Gasteiger partial charge on any atom is 0.227 e. The Kier molecular flexibility index (Phi) is 4.37. The highest BCUT2D eigenvalue weighted by Gasteiger charge is 2.26. The number of hydrogen-bond acceptors (Lipinski definition) is 3. The van der Waals surface area contributed by atoms with Gasteiger partial charge in [-0.05, 0) is 43.5 Å². The van der Waals surface area contributed by atoms with Crippen molar-refractivity contribution >= 4 is 23.3 Å². The first kappa shape index (κ1) is 15.2. The molecule has 0 saturated carbocycles. The monoisotopic (exact) mass is 309 g/mol. The molecule has 1 aliphatic rings. The molecular formula is C18H19N3O2. The highest BCUT2D eigenvalue weighted by Crippen LogP contribution is 2.27. The summed E-state index contributed by atoms with van der Waals surface area (Å²) in [5.41, 5.74) is 2.85. The Morgan fingerprint density at radius 2 is 2.09 bits per heavy atom. The minimum absolute atomic E-state index is 0.00909. The van der Waals surface area contributed by atoms with Crippen molar-refractivity contribution in [3.05, 3.63) is 53.7 Å². The summed E-state index contributed by atoms with van der Waals surface area (Å²) in [5, 5.41) is 5.68. The number of aryl methyl sites for hydroxylation is 1. The quantitative estimate of drug-likeness (QED) is 0.912. The van der Waals surface area contributed by atoms with E-state index in [0.29, 0.717) is 25.1 Å². The maximum absolute atomic E-state index is 12.1. The van der Waals surface area contributed by atoms with E-state index in [4.69, 9.17) is 0 Å². The van der Waals surface area contributed by atoms with Gasteiger partial charge in [0, 0.05) is 23.7 Å². The van der Waals surface area contributed by atoms with Gasteiger partial charge in [-0.25, -0.2) is 4.98 Å². The van der Waals surface area contributed by atoms with Crippen molar-refractivity contribution in [3.63, 3.8) is 0 Å². The summed E-state index contributed by atoms with van der Waals surface area (Å²) in [4.78, 5) is 28.4. The lowest BCUT2D eigenvalue weighted by molar-refractivity contribution is -0.121. The van der Waals surface area contributed by atoms with Crippen LogP contribution in [0.1, 0.15) is 24.1 Å². The van der Waals surface area contributed by atoms with Crippen LogP contribution < -0.4 is 10.6 Å². The standard InChI is InChI=1S/C18H19N3O2/c1-12-5-4-8-16(19-12)21-17(22)10-9-14-11-13-6-2-3-7-15(13)20-18(14)23/h2-8,14H,9-11H2,1H3,(H,20,23)(H,19,21,22). The number of anilines is 2. The molecule has 2 aromatic rings. The van der Waals surface area contributed by atoms with Gasteiger partial charge in [0.15, 0.2) is 0 Å². The van der Waals surface area contributed by atoms with E-state index in [1.54, 1.807) is 6.07 Å². The van der Waals surface area contributed by atoms with Gasteiger partial charge in [-0.1, -0.05) is 24.3 Å². The summed E-state index contributed by atoms with van der Waals surface area (Å²) in [7, 11) is 0. The second kappa shape index (κ2) is 6.60. The zero-order valence-corrected chi connectivity index (χ0v) is 13.0. The van der Waals surface area contributed by atoms with Gasteiger partial charge >= 0.3 is 0 Å². The van der Waals surface area contributed by atoms with Crippen molar-refractivity contribution < 1.29 is 9.59 Å². The molecule has 0 aliphatic carbocycles. The number of para-hydroxylation sites is 1. The Hall–Kier alpha value is -2.69. The van der Waals surface area contributed by atoms with Crippen molar-refractivity contribution in [1.29, 1.82) is 0 Å². The van der Waals surface area contributed by atoms with Crippen molar-refractivity contribution in [2.75, 3.05) is 10.6 Å². The topological polar surface area (TPSA) is 71.1 Å². The smallest absolute Gasteiger partial charge is 0.227 e. The fourth-order valence-electron chi connectivity index (χ4n) is 2.77. The summed E-state index contributed by atoms with van der Waals surface area (Å²) < 4.78 is 0. The van der Waals surface area contributed by atoms with Crippen LogP contribution in [0.15, 0.2) is 42.5 Å². The Labute approximate surface area is 135 Å². The number of carbonyl (C=O) groups is 2. The van der Waals surface area contributed by atoms with Crippen LogP contribution in [0.3, 0.4) is 0 Å². The SMILES string of the molecule is Cc1cccc(NC(=O)CCC2Cc3ccccc3NC2=O)n1. The molecule has 1 aromatic heterocycles. The summed E-state index contributed by atoms with van der Waals surface area (Å²) in [5.74, 6) is 0.259. The van der Waals surface area contributed by atoms with Crippen LogP contribution >= 0.6 is 0 Å². The number of benzene rings is 1. The molecule has 2 heterocycles. The first-order valence-corrected chi connectivity index (χ1v) is 7.74. The molecule has 0 spiro atoms. The molecule has 0 fully saturated rings. The molecule has 118 valence electrons. The lowest BCUT2D eigenvalue weighted by Gasteiger charge is -2.24. The van der Waals surface area contributed by atoms with E-state index in [9.17, 15) is 9.59 Å². The Bertz CT molecular complexity index is 743. The van der Waals surface area contributed by atoms with Crippen molar-refractivity contribution in [2.45, 2.75) is 26.2 Å². The highest BCUT2D eigenvalue weighted by atomic mass is 16.2. The molecule has 5 heteroatoms. The Morgan fingerprint density at radius 1 is 1.26 bits per heavy atom. The number of aromatic nitrogens is 1. The molecule has 0 saturated heterocycles. The fourth-order valence-corrected chi connectivity index (χ4v) is 2.77. The van der Waals surface area contributed by atoms with Crippen LogP contribution in [0.5, 0.6) is 0 Å². The fraction of sp³-hybridized carbons (Fsp3) is 0.278. The van der Waals surface area contributed by atoms with Gasteiger partial charge in [0.1, 0.15) is 5.82 Å². The lowest BCUT2D eigenvalue weighted by atomic mass is 9.89. The second-order valence-corrected chi connectivity index (χ2v) is 5.80. The van der Waals surface area contributed by atoms with Crippen LogP contribution in [-0.2, 0) is 16.0 Å². The number of pyridine rings is 1. The van der Waals surface area contributed by atoms with Crippen molar-refractivity contribution in [3.8, 4) is 0 Å². The highest BCUT2D eigenvalue weighted by molar-refractivity contribution is 5.96. The molecule has 1 aromatic carbocycles. The van der Waals surface area contributed by atoms with E-state index in [-0.39, 0.29) is 17.7 Å². The van der Waals surface area contributed by atoms with E-state index in [1.165, 1.54) is 0 Å². The molecule has 1 aliphatic heterocycles. The van der Waals surface area contributed by atoms with E-state index in [0.717, 1.165) is 16.9 Å². The summed E-state index contributed by atoms with van der Waals surface area (Å²) in [6.45, 7) is 1.87. The van der Waals surface area contributed by atoms with Gasteiger partial charge in [-0.3, -0.25) is 9.59 Å². The second-order valence-electron chi connectivity index (χ2n) is 5.80. The normalized spacial score (nSPS) is 16.4. The molecule has 0 bridgehead atoms. The van der Waals surface area contributed by atoms with Crippen LogP contribution in [0, 0.1) is 12.8 Å².